The number of ether oxygens (including phenoxy) is 1. The molecule has 1 fully saturated rings. The molecule has 1 amide bonds. The highest BCUT2D eigenvalue weighted by atomic mass is 16.6. The Kier molecular flexibility index (Phi) is 4.88. The highest BCUT2D eigenvalue weighted by Crippen LogP contribution is 2.15. The van der Waals surface area contributed by atoms with E-state index in [1.54, 1.807) is 11.1 Å². The van der Waals surface area contributed by atoms with Crippen molar-refractivity contribution < 1.29 is 9.53 Å². The van der Waals surface area contributed by atoms with Crippen LogP contribution in [0.4, 0.5) is 4.79 Å². The molecule has 1 aliphatic heterocycles. The Morgan fingerprint density at radius 3 is 2.90 bits per heavy atom. The van der Waals surface area contributed by atoms with Crippen LogP contribution in [0.2, 0.25) is 0 Å². The minimum atomic E-state index is -0.440. The van der Waals surface area contributed by atoms with Gasteiger partial charge in [0.15, 0.2) is 0 Å². The maximum absolute atomic E-state index is 12.1. The normalized spacial score (nSPS) is 19.6. The molecule has 1 saturated heterocycles. The van der Waals surface area contributed by atoms with E-state index < -0.39 is 5.60 Å². The van der Waals surface area contributed by atoms with Gasteiger partial charge in [0.05, 0.1) is 6.54 Å². The first-order valence-electron chi connectivity index (χ1n) is 7.52. The fourth-order valence-corrected chi connectivity index (χ4v) is 2.44. The van der Waals surface area contributed by atoms with Crippen LogP contribution in [0.5, 0.6) is 0 Å². The number of piperidine rings is 1. The van der Waals surface area contributed by atoms with Crippen molar-refractivity contribution in [3.05, 3.63) is 18.2 Å². The average molecular weight is 294 g/mol. The van der Waals surface area contributed by atoms with Gasteiger partial charge < -0.3 is 19.5 Å². The molecule has 2 heterocycles. The number of hydrogen-bond acceptors (Lipinski definition) is 4. The fourth-order valence-electron chi connectivity index (χ4n) is 2.44. The quantitative estimate of drug-likeness (QED) is 0.925. The Morgan fingerprint density at radius 2 is 2.29 bits per heavy atom. The number of likely N-dealkylation sites (tertiary alicyclic amines) is 1. The zero-order valence-electron chi connectivity index (χ0n) is 13.4. The fraction of sp³-hybridized carbons (Fsp3) is 0.733. The van der Waals surface area contributed by atoms with Crippen molar-refractivity contribution in [2.45, 2.75) is 51.8 Å². The lowest BCUT2D eigenvalue weighted by atomic mass is 10.1. The summed E-state index contributed by atoms with van der Waals surface area (Å²) in [5, 5.41) is 3.48. The first kappa shape index (κ1) is 15.8. The summed E-state index contributed by atoms with van der Waals surface area (Å²) < 4.78 is 7.44. The highest BCUT2D eigenvalue weighted by molar-refractivity contribution is 5.68. The van der Waals surface area contributed by atoms with Crippen LogP contribution in [0.15, 0.2) is 12.4 Å². The third-order valence-corrected chi connectivity index (χ3v) is 3.54. The lowest BCUT2D eigenvalue weighted by molar-refractivity contribution is 0.0187. The van der Waals surface area contributed by atoms with Crippen LogP contribution in [0.3, 0.4) is 0 Å². The molecule has 1 atom stereocenters. The van der Waals surface area contributed by atoms with Gasteiger partial charge in [0.1, 0.15) is 11.4 Å². The van der Waals surface area contributed by atoms with Gasteiger partial charge in [0.2, 0.25) is 0 Å². The maximum atomic E-state index is 12.1. The first-order valence-corrected chi connectivity index (χ1v) is 7.52. The topological polar surface area (TPSA) is 59.4 Å². The van der Waals surface area contributed by atoms with Gasteiger partial charge in [-0.3, -0.25) is 0 Å². The molecule has 0 aliphatic carbocycles. The van der Waals surface area contributed by atoms with E-state index in [9.17, 15) is 4.79 Å². The Hall–Kier alpha value is -1.56. The van der Waals surface area contributed by atoms with E-state index in [4.69, 9.17) is 4.74 Å². The van der Waals surface area contributed by atoms with Crippen LogP contribution in [0.1, 0.15) is 39.4 Å². The number of aromatic nitrogens is 2. The van der Waals surface area contributed by atoms with Crippen LogP contribution < -0.4 is 5.32 Å². The number of nitrogens with zero attached hydrogens (tertiary/aromatic N) is 3. The minimum absolute atomic E-state index is 0.217. The van der Waals surface area contributed by atoms with E-state index in [0.717, 1.165) is 31.8 Å². The molecule has 1 N–H and O–H groups in total. The van der Waals surface area contributed by atoms with Crippen molar-refractivity contribution in [1.82, 2.24) is 19.8 Å². The third kappa shape index (κ3) is 4.74. The SMILES string of the molecule is Cn1ccnc1CNC1CCCN(C(=O)OC(C)(C)C)C1. The maximum Gasteiger partial charge on any atom is 0.410 e. The third-order valence-electron chi connectivity index (χ3n) is 3.54. The van der Waals surface area contributed by atoms with Gasteiger partial charge in [-0.2, -0.15) is 0 Å². The second-order valence-electron chi connectivity index (χ2n) is 6.60. The van der Waals surface area contributed by atoms with Crippen molar-refractivity contribution >= 4 is 6.09 Å². The van der Waals surface area contributed by atoms with E-state index in [1.165, 1.54) is 0 Å². The number of aryl methyl sites for hydroxylation is 1. The summed E-state index contributed by atoms with van der Waals surface area (Å²) in [5.74, 6) is 1.00. The molecule has 2 rings (SSSR count). The molecule has 0 spiro atoms. The number of hydrogen-bond donors (Lipinski definition) is 1. The number of carbonyl (C=O) groups excluding carboxylic acids is 1. The second-order valence-corrected chi connectivity index (χ2v) is 6.60. The summed E-state index contributed by atoms with van der Waals surface area (Å²) in [4.78, 5) is 18.2. The Labute approximate surface area is 126 Å². The summed E-state index contributed by atoms with van der Waals surface area (Å²) in [6, 6.07) is 0.294. The van der Waals surface area contributed by atoms with Crippen LogP contribution >= 0.6 is 0 Å². The number of amides is 1. The predicted octanol–water partition coefficient (Wildman–Crippen LogP) is 1.91. The second kappa shape index (κ2) is 6.47. The number of imidazole rings is 1. The standard InChI is InChI=1S/C15H26N4O2/c1-15(2,3)21-14(20)19-8-5-6-12(11-19)17-10-13-16-7-9-18(13)4/h7,9,12,17H,5-6,8,10-11H2,1-4H3. The molecule has 0 bridgehead atoms. The van der Waals surface area contributed by atoms with Gasteiger partial charge >= 0.3 is 6.09 Å². The van der Waals surface area contributed by atoms with Gasteiger partial charge in [-0.05, 0) is 33.6 Å². The van der Waals surface area contributed by atoms with Crippen LogP contribution in [0.25, 0.3) is 0 Å². The van der Waals surface area contributed by atoms with Crippen molar-refractivity contribution in [1.29, 1.82) is 0 Å². The molecule has 6 nitrogen and oxygen atoms in total. The lowest BCUT2D eigenvalue weighted by Crippen LogP contribution is -2.49. The average Bonchev–Trinajstić information content (AvgIpc) is 2.80. The number of rotatable bonds is 3. The van der Waals surface area contributed by atoms with E-state index >= 15 is 0 Å². The van der Waals surface area contributed by atoms with Gasteiger partial charge in [0, 0.05) is 38.6 Å². The zero-order valence-corrected chi connectivity index (χ0v) is 13.4. The Morgan fingerprint density at radius 1 is 1.52 bits per heavy atom. The van der Waals surface area contributed by atoms with E-state index in [0.29, 0.717) is 12.6 Å². The highest BCUT2D eigenvalue weighted by Gasteiger charge is 2.27. The monoisotopic (exact) mass is 294 g/mol. The van der Waals surface area contributed by atoms with Gasteiger partial charge in [-0.15, -0.1) is 0 Å². The predicted molar refractivity (Wildman–Crippen MR) is 80.9 cm³/mol. The van der Waals surface area contributed by atoms with Gasteiger partial charge in [-0.25, -0.2) is 9.78 Å². The van der Waals surface area contributed by atoms with Gasteiger partial charge in [0.25, 0.3) is 0 Å². The molecule has 1 aliphatic rings. The number of nitrogens with one attached hydrogen (secondary N) is 1. The Balaban J connectivity index is 1.83. The van der Waals surface area contributed by atoms with Crippen molar-refractivity contribution in [2.24, 2.45) is 7.05 Å². The van der Waals surface area contributed by atoms with Crippen LogP contribution in [-0.4, -0.2) is 45.3 Å². The Bertz CT molecular complexity index is 478. The summed E-state index contributed by atoms with van der Waals surface area (Å²) in [7, 11) is 1.98. The van der Waals surface area contributed by atoms with Crippen LogP contribution in [-0.2, 0) is 18.3 Å². The molecule has 118 valence electrons. The summed E-state index contributed by atoms with van der Waals surface area (Å²) >= 11 is 0. The zero-order chi connectivity index (χ0) is 15.5. The van der Waals surface area contributed by atoms with E-state index in [-0.39, 0.29) is 6.09 Å². The molecule has 0 radical (unpaired) electrons. The summed E-state index contributed by atoms with van der Waals surface area (Å²) in [6.07, 6.45) is 5.59. The van der Waals surface area contributed by atoms with Crippen LogP contribution in [0, 0.1) is 0 Å². The minimum Gasteiger partial charge on any atom is -0.444 e. The molecular weight excluding hydrogens is 268 g/mol. The molecule has 0 saturated carbocycles. The first-order chi connectivity index (χ1) is 9.85. The molecule has 1 unspecified atom stereocenters. The molecule has 0 aromatic carbocycles. The lowest BCUT2D eigenvalue weighted by Gasteiger charge is -2.34. The molecule has 6 heteroatoms. The largest absolute Gasteiger partial charge is 0.444 e. The van der Waals surface area contributed by atoms with E-state index in [2.05, 4.69) is 10.3 Å². The van der Waals surface area contributed by atoms with Crippen molar-refractivity contribution in [3.63, 3.8) is 0 Å². The summed E-state index contributed by atoms with van der Waals surface area (Å²) in [6.45, 7) is 7.87. The number of carbonyl (C=O) groups is 1. The van der Waals surface area contributed by atoms with Crippen molar-refractivity contribution in [2.75, 3.05) is 13.1 Å². The van der Waals surface area contributed by atoms with Crippen molar-refractivity contribution in [3.8, 4) is 0 Å². The van der Waals surface area contributed by atoms with Gasteiger partial charge in [-0.1, -0.05) is 0 Å². The molecule has 21 heavy (non-hydrogen) atoms. The molecule has 1 aromatic rings. The smallest absolute Gasteiger partial charge is 0.410 e. The molecular formula is C15H26N4O2. The van der Waals surface area contributed by atoms with E-state index in [1.807, 2.05) is 38.6 Å². The molecule has 1 aromatic heterocycles. The summed E-state index contributed by atoms with van der Waals surface area (Å²) in [5.41, 5.74) is -0.440.